The van der Waals surface area contributed by atoms with Crippen molar-refractivity contribution >= 4 is 5.71 Å². The summed E-state index contributed by atoms with van der Waals surface area (Å²) in [7, 11) is 1.88. The van der Waals surface area contributed by atoms with Crippen LogP contribution in [-0.4, -0.2) is 12.8 Å². The lowest BCUT2D eigenvalue weighted by molar-refractivity contribution is 0.802. The summed E-state index contributed by atoms with van der Waals surface area (Å²) in [6.07, 6.45) is 12.4. The lowest BCUT2D eigenvalue weighted by Gasteiger charge is -2.05. The molecule has 1 aliphatic carbocycles. The maximum absolute atomic E-state index is 4.36. The van der Waals surface area contributed by atoms with Crippen LogP contribution in [0.5, 0.6) is 0 Å². The molecule has 0 aromatic heterocycles. The highest BCUT2D eigenvalue weighted by Crippen LogP contribution is 2.23. The number of nitrogens with zero attached hydrogens (tertiary/aromatic N) is 1. The molecule has 0 saturated carbocycles. The molecule has 0 spiro atoms. The standard InChI is InChI=1S/C19H29N/c1-14(2)13-16(4)8-7-15(3)9-11-18-17(5)10-12-19(18)20-6/h9-11,13-14H,7-8,12H2,1-6H3/b15-9+,16-13+,18-11-,20-19?. The summed E-state index contributed by atoms with van der Waals surface area (Å²) >= 11 is 0. The molecule has 0 aromatic rings. The van der Waals surface area contributed by atoms with Crippen LogP contribution in [-0.2, 0) is 0 Å². The van der Waals surface area contributed by atoms with Gasteiger partial charge < -0.3 is 0 Å². The first kappa shape index (κ1) is 16.7. The summed E-state index contributed by atoms with van der Waals surface area (Å²) in [5, 5.41) is 0. The largest absolute Gasteiger partial charge is 0.292 e. The van der Waals surface area contributed by atoms with Crippen molar-refractivity contribution < 1.29 is 0 Å². The van der Waals surface area contributed by atoms with Crippen LogP contribution in [0.25, 0.3) is 0 Å². The SMILES string of the molecule is CN=C1CC=C(C)/C1=C/C=C(\C)CC/C(C)=C/C(C)C. The first-order valence-corrected chi connectivity index (χ1v) is 7.62. The molecule has 1 aliphatic rings. The van der Waals surface area contributed by atoms with Gasteiger partial charge in [-0.05, 0) is 50.7 Å². The Morgan fingerprint density at radius 3 is 2.50 bits per heavy atom. The highest BCUT2D eigenvalue weighted by atomic mass is 14.7. The molecule has 1 nitrogen and oxygen atoms in total. The molecule has 0 amide bonds. The van der Waals surface area contributed by atoms with Gasteiger partial charge in [-0.1, -0.05) is 49.3 Å². The molecular weight excluding hydrogens is 242 g/mol. The first-order valence-electron chi connectivity index (χ1n) is 7.62. The minimum Gasteiger partial charge on any atom is -0.292 e. The third-order valence-corrected chi connectivity index (χ3v) is 3.67. The van der Waals surface area contributed by atoms with Crippen molar-refractivity contribution in [2.75, 3.05) is 7.05 Å². The minimum atomic E-state index is 0.649. The molecular formula is C19H29N. The lowest BCUT2D eigenvalue weighted by atomic mass is 10.0. The lowest BCUT2D eigenvalue weighted by Crippen LogP contribution is -1.95. The van der Waals surface area contributed by atoms with E-state index in [0.717, 1.165) is 19.3 Å². The van der Waals surface area contributed by atoms with Crippen LogP contribution in [0.3, 0.4) is 0 Å². The molecule has 0 aliphatic heterocycles. The summed E-state index contributed by atoms with van der Waals surface area (Å²) in [4.78, 5) is 4.36. The van der Waals surface area contributed by atoms with E-state index in [0.29, 0.717) is 5.92 Å². The Hall–Kier alpha value is -1.37. The Bertz CT molecular complexity index is 482. The van der Waals surface area contributed by atoms with Gasteiger partial charge in [0, 0.05) is 19.2 Å². The number of allylic oxidation sites excluding steroid dienone is 8. The van der Waals surface area contributed by atoms with Crippen molar-refractivity contribution in [3.8, 4) is 0 Å². The second-order valence-electron chi connectivity index (χ2n) is 6.11. The molecule has 0 bridgehead atoms. The fraction of sp³-hybridized carbons (Fsp3) is 0.526. The number of aliphatic imine (C=N–C) groups is 1. The van der Waals surface area contributed by atoms with Crippen LogP contribution in [0, 0.1) is 5.92 Å². The van der Waals surface area contributed by atoms with E-state index in [1.54, 1.807) is 0 Å². The topological polar surface area (TPSA) is 12.4 Å². The van der Waals surface area contributed by atoms with Gasteiger partial charge in [0.25, 0.3) is 0 Å². The molecule has 1 rings (SSSR count). The van der Waals surface area contributed by atoms with Gasteiger partial charge in [0.15, 0.2) is 0 Å². The molecule has 0 radical (unpaired) electrons. The van der Waals surface area contributed by atoms with E-state index in [-0.39, 0.29) is 0 Å². The quantitative estimate of drug-likeness (QED) is 0.572. The Balaban J connectivity index is 2.64. The van der Waals surface area contributed by atoms with Crippen LogP contribution in [0.4, 0.5) is 0 Å². The van der Waals surface area contributed by atoms with E-state index in [1.807, 2.05) is 7.05 Å². The second-order valence-corrected chi connectivity index (χ2v) is 6.11. The van der Waals surface area contributed by atoms with Gasteiger partial charge in [-0.25, -0.2) is 0 Å². The zero-order valence-electron chi connectivity index (χ0n) is 14.0. The van der Waals surface area contributed by atoms with Gasteiger partial charge in [-0.2, -0.15) is 0 Å². The molecule has 0 N–H and O–H groups in total. The van der Waals surface area contributed by atoms with E-state index in [4.69, 9.17) is 0 Å². The van der Waals surface area contributed by atoms with Crippen LogP contribution in [0.15, 0.2) is 51.6 Å². The number of hydrogen-bond acceptors (Lipinski definition) is 1. The minimum absolute atomic E-state index is 0.649. The summed E-state index contributed by atoms with van der Waals surface area (Å²) < 4.78 is 0. The first-order chi connectivity index (χ1) is 9.43. The monoisotopic (exact) mass is 271 g/mol. The normalized spacial score (nSPS) is 21.2. The van der Waals surface area contributed by atoms with Gasteiger partial charge in [0.05, 0.1) is 0 Å². The average molecular weight is 271 g/mol. The molecule has 20 heavy (non-hydrogen) atoms. The van der Waals surface area contributed by atoms with Gasteiger partial charge in [0.1, 0.15) is 0 Å². The van der Waals surface area contributed by atoms with Crippen molar-refractivity contribution in [3.05, 3.63) is 46.6 Å². The molecule has 110 valence electrons. The van der Waals surface area contributed by atoms with Crippen LogP contribution < -0.4 is 0 Å². The molecule has 0 aromatic carbocycles. The van der Waals surface area contributed by atoms with Crippen molar-refractivity contribution in [1.82, 2.24) is 0 Å². The molecule has 0 fully saturated rings. The summed E-state index contributed by atoms with van der Waals surface area (Å²) in [5.41, 5.74) is 6.80. The fourth-order valence-corrected chi connectivity index (χ4v) is 2.49. The highest BCUT2D eigenvalue weighted by Gasteiger charge is 2.13. The Morgan fingerprint density at radius 2 is 1.90 bits per heavy atom. The summed E-state index contributed by atoms with van der Waals surface area (Å²) in [6, 6.07) is 0. The smallest absolute Gasteiger partial charge is 0.0457 e. The van der Waals surface area contributed by atoms with E-state index in [2.05, 4.69) is 63.9 Å². The van der Waals surface area contributed by atoms with Gasteiger partial charge in [-0.15, -0.1) is 0 Å². The zero-order chi connectivity index (χ0) is 15.1. The molecule has 0 heterocycles. The van der Waals surface area contributed by atoms with E-state index >= 15 is 0 Å². The third kappa shape index (κ3) is 5.32. The van der Waals surface area contributed by atoms with Gasteiger partial charge in [-0.3, -0.25) is 4.99 Å². The third-order valence-electron chi connectivity index (χ3n) is 3.67. The second kappa shape index (κ2) is 8.04. The van der Waals surface area contributed by atoms with Crippen LogP contribution >= 0.6 is 0 Å². The number of rotatable bonds is 5. The van der Waals surface area contributed by atoms with Gasteiger partial charge in [0.2, 0.25) is 0 Å². The predicted molar refractivity (Wildman–Crippen MR) is 91.4 cm³/mol. The molecule has 0 unspecified atom stereocenters. The van der Waals surface area contributed by atoms with E-state index in [9.17, 15) is 0 Å². The Labute approximate surface area is 124 Å². The van der Waals surface area contributed by atoms with Crippen molar-refractivity contribution in [2.45, 2.75) is 53.9 Å². The average Bonchev–Trinajstić information content (AvgIpc) is 2.73. The van der Waals surface area contributed by atoms with Crippen LogP contribution in [0.1, 0.15) is 53.9 Å². The van der Waals surface area contributed by atoms with E-state index < -0.39 is 0 Å². The maximum Gasteiger partial charge on any atom is 0.0457 e. The van der Waals surface area contributed by atoms with Crippen LogP contribution in [0.2, 0.25) is 0 Å². The van der Waals surface area contributed by atoms with Gasteiger partial charge >= 0.3 is 0 Å². The van der Waals surface area contributed by atoms with Crippen molar-refractivity contribution in [2.24, 2.45) is 10.9 Å². The van der Waals surface area contributed by atoms with Crippen molar-refractivity contribution in [3.63, 3.8) is 0 Å². The highest BCUT2D eigenvalue weighted by molar-refractivity contribution is 6.07. The molecule has 0 atom stereocenters. The Kier molecular flexibility index (Phi) is 6.70. The summed E-state index contributed by atoms with van der Waals surface area (Å²) in [5.74, 6) is 0.649. The van der Waals surface area contributed by atoms with Crippen molar-refractivity contribution in [1.29, 1.82) is 0 Å². The summed E-state index contributed by atoms with van der Waals surface area (Å²) in [6.45, 7) is 11.1. The zero-order valence-corrected chi connectivity index (χ0v) is 14.0. The Morgan fingerprint density at radius 1 is 1.25 bits per heavy atom. The molecule has 1 heteroatoms. The maximum atomic E-state index is 4.36. The fourth-order valence-electron chi connectivity index (χ4n) is 2.49. The molecule has 0 saturated heterocycles. The van der Waals surface area contributed by atoms with E-state index in [1.165, 1.54) is 28.0 Å². The number of hydrogen-bond donors (Lipinski definition) is 0. The predicted octanol–water partition coefficient (Wildman–Crippen LogP) is 5.66.